The highest BCUT2D eigenvalue weighted by atomic mass is 35.5. The average Bonchev–Trinajstić information content (AvgIpc) is 2.64. The first-order valence-corrected chi connectivity index (χ1v) is 8.49. The van der Waals surface area contributed by atoms with Gasteiger partial charge in [-0.05, 0) is 17.7 Å². The van der Waals surface area contributed by atoms with E-state index >= 15 is 0 Å². The SMILES string of the molecule is CC(C(=O)NCCNC(=O)c1ccccc1Cl)C(N)c1ccccc1. The number of benzene rings is 2. The molecule has 4 N–H and O–H groups in total. The number of carbonyl (C=O) groups excluding carboxylic acids is 2. The summed E-state index contributed by atoms with van der Waals surface area (Å²) >= 11 is 5.97. The monoisotopic (exact) mass is 359 g/mol. The van der Waals surface area contributed by atoms with Gasteiger partial charge in [-0.25, -0.2) is 0 Å². The fourth-order valence-corrected chi connectivity index (χ4v) is 2.61. The van der Waals surface area contributed by atoms with Crippen molar-refractivity contribution in [1.29, 1.82) is 0 Å². The van der Waals surface area contributed by atoms with Gasteiger partial charge in [0.2, 0.25) is 5.91 Å². The van der Waals surface area contributed by atoms with E-state index in [2.05, 4.69) is 10.6 Å². The summed E-state index contributed by atoms with van der Waals surface area (Å²) in [7, 11) is 0. The lowest BCUT2D eigenvalue weighted by Crippen LogP contribution is -2.39. The minimum absolute atomic E-state index is 0.150. The van der Waals surface area contributed by atoms with Crippen molar-refractivity contribution in [1.82, 2.24) is 10.6 Å². The summed E-state index contributed by atoms with van der Waals surface area (Å²) in [5.41, 5.74) is 7.47. The van der Waals surface area contributed by atoms with E-state index < -0.39 is 0 Å². The molecule has 0 aromatic heterocycles. The molecular formula is C19H22ClN3O2. The van der Waals surface area contributed by atoms with Crippen LogP contribution in [-0.4, -0.2) is 24.9 Å². The molecule has 0 spiro atoms. The maximum Gasteiger partial charge on any atom is 0.252 e. The van der Waals surface area contributed by atoms with Crippen molar-refractivity contribution < 1.29 is 9.59 Å². The van der Waals surface area contributed by atoms with E-state index in [0.717, 1.165) is 5.56 Å². The molecule has 2 aromatic carbocycles. The van der Waals surface area contributed by atoms with Crippen molar-refractivity contribution in [3.63, 3.8) is 0 Å². The van der Waals surface area contributed by atoms with Crippen LogP contribution in [0.1, 0.15) is 28.9 Å². The number of rotatable bonds is 7. The second kappa shape index (κ2) is 9.20. The highest BCUT2D eigenvalue weighted by Crippen LogP contribution is 2.19. The molecule has 2 amide bonds. The largest absolute Gasteiger partial charge is 0.354 e. The summed E-state index contributed by atoms with van der Waals surface area (Å²) in [6.07, 6.45) is 0. The van der Waals surface area contributed by atoms with Gasteiger partial charge < -0.3 is 16.4 Å². The molecule has 2 aromatic rings. The first-order valence-electron chi connectivity index (χ1n) is 8.11. The van der Waals surface area contributed by atoms with Crippen molar-refractivity contribution in [2.75, 3.05) is 13.1 Å². The third kappa shape index (κ3) is 5.31. The van der Waals surface area contributed by atoms with Crippen LogP contribution in [0.3, 0.4) is 0 Å². The topological polar surface area (TPSA) is 84.2 Å². The lowest BCUT2D eigenvalue weighted by atomic mass is 9.95. The van der Waals surface area contributed by atoms with Gasteiger partial charge in [-0.2, -0.15) is 0 Å². The summed E-state index contributed by atoms with van der Waals surface area (Å²) in [5.74, 6) is -0.793. The predicted octanol–water partition coefficient (Wildman–Crippen LogP) is 2.52. The van der Waals surface area contributed by atoms with Crippen molar-refractivity contribution in [3.05, 3.63) is 70.7 Å². The van der Waals surface area contributed by atoms with Crippen LogP contribution in [0, 0.1) is 5.92 Å². The Morgan fingerprint density at radius 3 is 2.28 bits per heavy atom. The van der Waals surface area contributed by atoms with E-state index in [1.807, 2.05) is 30.3 Å². The zero-order valence-electron chi connectivity index (χ0n) is 14.0. The molecule has 0 aliphatic rings. The number of hydrogen-bond acceptors (Lipinski definition) is 3. The van der Waals surface area contributed by atoms with E-state index in [4.69, 9.17) is 17.3 Å². The van der Waals surface area contributed by atoms with E-state index in [1.54, 1.807) is 31.2 Å². The maximum atomic E-state index is 12.2. The van der Waals surface area contributed by atoms with Crippen LogP contribution in [-0.2, 0) is 4.79 Å². The average molecular weight is 360 g/mol. The molecule has 5 nitrogen and oxygen atoms in total. The minimum Gasteiger partial charge on any atom is -0.354 e. The molecule has 6 heteroatoms. The van der Waals surface area contributed by atoms with Crippen LogP contribution < -0.4 is 16.4 Å². The van der Waals surface area contributed by atoms with Gasteiger partial charge in [0.1, 0.15) is 0 Å². The highest BCUT2D eigenvalue weighted by molar-refractivity contribution is 6.33. The molecule has 0 aliphatic heterocycles. The number of halogens is 1. The summed E-state index contributed by atoms with van der Waals surface area (Å²) in [5, 5.41) is 5.91. The Bertz CT molecular complexity index is 722. The molecule has 2 unspecified atom stereocenters. The predicted molar refractivity (Wildman–Crippen MR) is 99.3 cm³/mol. The number of carbonyl (C=O) groups is 2. The summed E-state index contributed by atoms with van der Waals surface area (Å²) in [6.45, 7) is 2.42. The Kier molecular flexibility index (Phi) is 6.98. The lowest BCUT2D eigenvalue weighted by molar-refractivity contribution is -0.125. The van der Waals surface area contributed by atoms with Gasteiger partial charge >= 0.3 is 0 Å². The Labute approximate surface area is 152 Å². The van der Waals surface area contributed by atoms with E-state index in [-0.39, 0.29) is 23.8 Å². The van der Waals surface area contributed by atoms with Gasteiger partial charge in [0.25, 0.3) is 5.91 Å². The van der Waals surface area contributed by atoms with Gasteiger partial charge in [0.05, 0.1) is 16.5 Å². The Morgan fingerprint density at radius 2 is 1.60 bits per heavy atom. The summed E-state index contributed by atoms with van der Waals surface area (Å²) in [4.78, 5) is 24.2. The number of nitrogens with one attached hydrogen (secondary N) is 2. The maximum absolute atomic E-state index is 12.2. The van der Waals surface area contributed by atoms with Gasteiger partial charge in [0, 0.05) is 19.1 Å². The molecule has 0 bridgehead atoms. The molecule has 132 valence electrons. The molecule has 25 heavy (non-hydrogen) atoms. The Morgan fingerprint density at radius 1 is 1.00 bits per heavy atom. The van der Waals surface area contributed by atoms with E-state index in [9.17, 15) is 9.59 Å². The molecule has 2 rings (SSSR count). The molecule has 0 saturated carbocycles. The molecule has 0 aliphatic carbocycles. The van der Waals surface area contributed by atoms with Gasteiger partial charge in [-0.1, -0.05) is 61.0 Å². The standard InChI is InChI=1S/C19H22ClN3O2/c1-13(17(21)14-7-3-2-4-8-14)18(24)22-11-12-23-19(25)15-9-5-6-10-16(15)20/h2-10,13,17H,11-12,21H2,1H3,(H,22,24)(H,23,25). The van der Waals surface area contributed by atoms with Gasteiger partial charge in [0.15, 0.2) is 0 Å². The Balaban J connectivity index is 1.77. The fraction of sp³-hybridized carbons (Fsp3) is 0.263. The second-order valence-electron chi connectivity index (χ2n) is 5.75. The van der Waals surface area contributed by atoms with E-state index in [1.165, 1.54) is 0 Å². The first-order chi connectivity index (χ1) is 12.0. The molecule has 0 fully saturated rings. The van der Waals surface area contributed by atoms with Crippen molar-refractivity contribution >= 4 is 23.4 Å². The van der Waals surface area contributed by atoms with Crippen LogP contribution in [0.4, 0.5) is 0 Å². The zero-order valence-corrected chi connectivity index (χ0v) is 14.8. The minimum atomic E-state index is -0.376. The van der Waals surface area contributed by atoms with Crippen LogP contribution in [0.5, 0.6) is 0 Å². The van der Waals surface area contributed by atoms with Crippen LogP contribution in [0.25, 0.3) is 0 Å². The van der Waals surface area contributed by atoms with Gasteiger partial charge in [-0.3, -0.25) is 9.59 Å². The van der Waals surface area contributed by atoms with Crippen LogP contribution >= 0.6 is 11.6 Å². The molecule has 0 saturated heterocycles. The third-order valence-corrected chi connectivity index (χ3v) is 4.29. The second-order valence-corrected chi connectivity index (χ2v) is 6.16. The highest BCUT2D eigenvalue weighted by Gasteiger charge is 2.21. The summed E-state index contributed by atoms with van der Waals surface area (Å²) in [6, 6.07) is 15.9. The van der Waals surface area contributed by atoms with Crippen molar-refractivity contribution in [2.45, 2.75) is 13.0 Å². The fourth-order valence-electron chi connectivity index (χ4n) is 2.39. The molecule has 0 radical (unpaired) electrons. The zero-order chi connectivity index (χ0) is 18.2. The Hall–Kier alpha value is -2.37. The smallest absolute Gasteiger partial charge is 0.252 e. The van der Waals surface area contributed by atoms with Crippen LogP contribution in [0.2, 0.25) is 5.02 Å². The van der Waals surface area contributed by atoms with Crippen LogP contribution in [0.15, 0.2) is 54.6 Å². The normalized spacial score (nSPS) is 12.9. The first kappa shape index (κ1) is 19.0. The van der Waals surface area contributed by atoms with E-state index in [0.29, 0.717) is 23.7 Å². The third-order valence-electron chi connectivity index (χ3n) is 3.96. The van der Waals surface area contributed by atoms with Crippen molar-refractivity contribution in [3.8, 4) is 0 Å². The molecule has 0 heterocycles. The number of hydrogen-bond donors (Lipinski definition) is 3. The van der Waals surface area contributed by atoms with Gasteiger partial charge in [-0.15, -0.1) is 0 Å². The van der Waals surface area contributed by atoms with Crippen molar-refractivity contribution in [2.24, 2.45) is 11.7 Å². The summed E-state index contributed by atoms with van der Waals surface area (Å²) < 4.78 is 0. The lowest BCUT2D eigenvalue weighted by Gasteiger charge is -2.20. The molecule has 2 atom stereocenters. The number of amides is 2. The quantitative estimate of drug-likeness (QED) is 0.664. The molecular weight excluding hydrogens is 338 g/mol. The number of nitrogens with two attached hydrogens (primary N) is 1.